The summed E-state index contributed by atoms with van der Waals surface area (Å²) in [6.45, 7) is 9.63. The van der Waals surface area contributed by atoms with Crippen LogP contribution in [0.4, 0.5) is 0 Å². The number of nitrogens with one attached hydrogen (secondary N) is 2. The van der Waals surface area contributed by atoms with Crippen molar-refractivity contribution in [2.24, 2.45) is 0 Å². The van der Waals surface area contributed by atoms with E-state index in [2.05, 4.69) is 29.7 Å². The van der Waals surface area contributed by atoms with Gasteiger partial charge in [0.25, 0.3) is 0 Å². The molecule has 0 spiro atoms. The average Bonchev–Trinajstić information content (AvgIpc) is 2.31. The highest BCUT2D eigenvalue weighted by Gasteiger charge is 2.13. The van der Waals surface area contributed by atoms with Crippen LogP contribution in [0, 0.1) is 20.8 Å². The Labute approximate surface area is 121 Å². The highest BCUT2D eigenvalue weighted by molar-refractivity contribution is 5.72. The van der Waals surface area contributed by atoms with E-state index in [1.165, 1.54) is 12.5 Å². The number of carbonyl (C=O) groups is 1. The third kappa shape index (κ3) is 5.31. The monoisotopic (exact) mass is 278 g/mol. The van der Waals surface area contributed by atoms with Gasteiger partial charge in [0.05, 0.1) is 6.10 Å². The van der Waals surface area contributed by atoms with E-state index in [0.717, 1.165) is 29.7 Å². The molecule has 1 amide bonds. The molecule has 1 aromatic rings. The fourth-order valence-electron chi connectivity index (χ4n) is 2.54. The molecule has 0 aliphatic rings. The van der Waals surface area contributed by atoms with Gasteiger partial charge >= 0.3 is 0 Å². The van der Waals surface area contributed by atoms with Crippen molar-refractivity contribution in [3.05, 3.63) is 34.4 Å². The molecule has 0 fully saturated rings. The fraction of sp³-hybridized carbons (Fsp3) is 0.562. The molecule has 112 valence electrons. The van der Waals surface area contributed by atoms with Gasteiger partial charge in [0.2, 0.25) is 5.91 Å². The Hall–Kier alpha value is -1.39. The predicted molar refractivity (Wildman–Crippen MR) is 81.8 cm³/mol. The zero-order chi connectivity index (χ0) is 15.1. The van der Waals surface area contributed by atoms with Gasteiger partial charge in [0.15, 0.2) is 0 Å². The summed E-state index contributed by atoms with van der Waals surface area (Å²) < 4.78 is 0. The second kappa shape index (κ2) is 8.02. The van der Waals surface area contributed by atoms with Crippen LogP contribution in [-0.4, -0.2) is 30.6 Å². The van der Waals surface area contributed by atoms with Gasteiger partial charge in [-0.3, -0.25) is 4.79 Å². The molecule has 0 radical (unpaired) electrons. The third-order valence-electron chi connectivity index (χ3n) is 3.31. The lowest BCUT2D eigenvalue weighted by molar-refractivity contribution is -0.118. The van der Waals surface area contributed by atoms with Crippen molar-refractivity contribution in [2.75, 3.05) is 19.6 Å². The van der Waals surface area contributed by atoms with E-state index in [1.807, 2.05) is 13.8 Å². The number of aliphatic hydroxyl groups excluding tert-OH is 1. The smallest absolute Gasteiger partial charge is 0.216 e. The van der Waals surface area contributed by atoms with Crippen LogP contribution in [0.25, 0.3) is 0 Å². The number of benzene rings is 1. The van der Waals surface area contributed by atoms with Crippen LogP contribution in [-0.2, 0) is 4.79 Å². The summed E-state index contributed by atoms with van der Waals surface area (Å²) in [4.78, 5) is 10.7. The van der Waals surface area contributed by atoms with Gasteiger partial charge in [-0.05, 0) is 50.4 Å². The van der Waals surface area contributed by atoms with Crippen molar-refractivity contribution in [3.63, 3.8) is 0 Å². The predicted octanol–water partition coefficient (Wildman–Crippen LogP) is 1.76. The molecule has 0 bridgehead atoms. The van der Waals surface area contributed by atoms with Crippen LogP contribution in [0.5, 0.6) is 0 Å². The normalized spacial score (nSPS) is 12.2. The maximum absolute atomic E-state index is 10.7. The minimum absolute atomic E-state index is 0.00376. The first-order chi connectivity index (χ1) is 9.41. The van der Waals surface area contributed by atoms with Gasteiger partial charge in [-0.2, -0.15) is 0 Å². The Morgan fingerprint density at radius 3 is 2.35 bits per heavy atom. The summed E-state index contributed by atoms with van der Waals surface area (Å²) in [6.07, 6.45) is 0.370. The molecule has 0 aliphatic carbocycles. The summed E-state index contributed by atoms with van der Waals surface area (Å²) >= 11 is 0. The van der Waals surface area contributed by atoms with Crippen LogP contribution < -0.4 is 10.6 Å². The Morgan fingerprint density at radius 1 is 1.20 bits per heavy atom. The largest absolute Gasteiger partial charge is 0.387 e. The lowest BCUT2D eigenvalue weighted by atomic mass is 9.95. The van der Waals surface area contributed by atoms with E-state index in [-0.39, 0.29) is 5.91 Å². The minimum atomic E-state index is -0.489. The molecule has 1 atom stereocenters. The second-order valence-electron chi connectivity index (χ2n) is 5.37. The molecule has 1 rings (SSSR count). The van der Waals surface area contributed by atoms with E-state index in [1.54, 1.807) is 0 Å². The summed E-state index contributed by atoms with van der Waals surface area (Å²) in [5.41, 5.74) is 4.51. The van der Waals surface area contributed by atoms with Crippen molar-refractivity contribution >= 4 is 5.91 Å². The Bertz CT molecular complexity index is 435. The van der Waals surface area contributed by atoms with E-state index >= 15 is 0 Å². The van der Waals surface area contributed by atoms with Gasteiger partial charge in [0, 0.05) is 20.0 Å². The first-order valence-electron chi connectivity index (χ1n) is 7.12. The molecule has 3 N–H and O–H groups in total. The number of amides is 1. The van der Waals surface area contributed by atoms with Gasteiger partial charge in [-0.1, -0.05) is 17.7 Å². The minimum Gasteiger partial charge on any atom is -0.387 e. The van der Waals surface area contributed by atoms with Gasteiger partial charge in [-0.25, -0.2) is 0 Å². The summed E-state index contributed by atoms with van der Waals surface area (Å²) in [5.74, 6) is -0.00376. The number of rotatable bonds is 7. The fourth-order valence-corrected chi connectivity index (χ4v) is 2.54. The molecule has 0 aromatic heterocycles. The summed E-state index contributed by atoms with van der Waals surface area (Å²) in [6, 6.07) is 4.20. The van der Waals surface area contributed by atoms with Crippen LogP contribution >= 0.6 is 0 Å². The van der Waals surface area contributed by atoms with E-state index in [9.17, 15) is 9.90 Å². The average molecular weight is 278 g/mol. The van der Waals surface area contributed by atoms with Crippen LogP contribution in [0.15, 0.2) is 12.1 Å². The van der Waals surface area contributed by atoms with Crippen LogP contribution in [0.3, 0.4) is 0 Å². The maximum Gasteiger partial charge on any atom is 0.216 e. The van der Waals surface area contributed by atoms with Crippen molar-refractivity contribution in [2.45, 2.75) is 40.2 Å². The maximum atomic E-state index is 10.7. The molecule has 1 unspecified atom stereocenters. The molecule has 0 saturated heterocycles. The van der Waals surface area contributed by atoms with E-state index in [4.69, 9.17) is 0 Å². The number of hydrogen-bond donors (Lipinski definition) is 3. The zero-order valence-corrected chi connectivity index (χ0v) is 12.9. The molecule has 0 saturated carbocycles. The first kappa shape index (κ1) is 16.7. The van der Waals surface area contributed by atoms with Gasteiger partial charge in [0.1, 0.15) is 0 Å². The van der Waals surface area contributed by atoms with Crippen molar-refractivity contribution in [1.82, 2.24) is 10.6 Å². The lowest BCUT2D eigenvalue weighted by Gasteiger charge is -2.18. The van der Waals surface area contributed by atoms with Crippen LogP contribution in [0.2, 0.25) is 0 Å². The topological polar surface area (TPSA) is 61.4 Å². The number of aliphatic hydroxyl groups is 1. The molecular formula is C16H26N2O2. The summed E-state index contributed by atoms with van der Waals surface area (Å²) in [7, 11) is 0. The Morgan fingerprint density at radius 2 is 1.80 bits per heavy atom. The lowest BCUT2D eigenvalue weighted by Crippen LogP contribution is -2.27. The molecule has 20 heavy (non-hydrogen) atoms. The van der Waals surface area contributed by atoms with Gasteiger partial charge < -0.3 is 15.7 Å². The zero-order valence-electron chi connectivity index (χ0n) is 12.9. The highest BCUT2D eigenvalue weighted by Crippen LogP contribution is 2.22. The van der Waals surface area contributed by atoms with E-state index in [0.29, 0.717) is 13.1 Å². The quantitative estimate of drug-likeness (QED) is 0.666. The SMILES string of the molecule is CC(=O)NCCCNCC(O)c1c(C)cc(C)cc1C. The molecular weight excluding hydrogens is 252 g/mol. The second-order valence-corrected chi connectivity index (χ2v) is 5.37. The third-order valence-corrected chi connectivity index (χ3v) is 3.31. The number of aryl methyl sites for hydroxylation is 3. The molecule has 4 heteroatoms. The first-order valence-corrected chi connectivity index (χ1v) is 7.12. The van der Waals surface area contributed by atoms with E-state index < -0.39 is 6.10 Å². The number of hydrogen-bond acceptors (Lipinski definition) is 3. The van der Waals surface area contributed by atoms with Crippen LogP contribution in [0.1, 0.15) is 41.7 Å². The Kier molecular flexibility index (Phi) is 6.68. The van der Waals surface area contributed by atoms with Gasteiger partial charge in [-0.15, -0.1) is 0 Å². The Balaban J connectivity index is 2.40. The van der Waals surface area contributed by atoms with Crippen molar-refractivity contribution in [1.29, 1.82) is 0 Å². The molecule has 4 nitrogen and oxygen atoms in total. The summed E-state index contributed by atoms with van der Waals surface area (Å²) in [5, 5.41) is 16.3. The standard InChI is InChI=1S/C16H26N2O2/c1-11-8-12(2)16(13(3)9-11)15(20)10-17-6-5-7-18-14(4)19/h8-9,15,17,20H,5-7,10H2,1-4H3,(H,18,19). The molecule has 0 aliphatic heterocycles. The molecule has 0 heterocycles. The highest BCUT2D eigenvalue weighted by atomic mass is 16.3. The van der Waals surface area contributed by atoms with Crippen molar-refractivity contribution < 1.29 is 9.90 Å². The molecule has 1 aromatic carbocycles. The number of carbonyl (C=O) groups excluding carboxylic acids is 1. The van der Waals surface area contributed by atoms with Crippen molar-refractivity contribution in [3.8, 4) is 0 Å².